The number of nitrogens with zero attached hydrogens (tertiary/aromatic N) is 2. The average molecular weight is 377 g/mol. The van der Waals surface area contributed by atoms with Gasteiger partial charge in [-0.15, -0.1) is 0 Å². The van der Waals surface area contributed by atoms with Crippen LogP contribution in [0.15, 0.2) is 29.4 Å². The molecule has 1 aliphatic carbocycles. The van der Waals surface area contributed by atoms with E-state index in [0.29, 0.717) is 5.71 Å². The van der Waals surface area contributed by atoms with Crippen LogP contribution in [0.4, 0.5) is 10.5 Å². The summed E-state index contributed by atoms with van der Waals surface area (Å²) in [5.74, 6) is 0.145. The first-order valence-electron chi connectivity index (χ1n) is 9.18. The molecule has 0 saturated heterocycles. The van der Waals surface area contributed by atoms with Crippen molar-refractivity contribution in [2.75, 3.05) is 6.61 Å². The molecule has 1 saturated carbocycles. The molecule has 0 unspecified atom stereocenters. The minimum absolute atomic E-state index is 0.0228. The number of hydrogen-bond acceptors (Lipinski definition) is 6. The maximum absolute atomic E-state index is 12.0. The number of hydrogen-bond donors (Lipinski definition) is 1. The van der Waals surface area contributed by atoms with Crippen molar-refractivity contribution in [1.29, 1.82) is 0 Å². The number of nitro groups is 1. The van der Waals surface area contributed by atoms with Crippen LogP contribution >= 0.6 is 0 Å². The van der Waals surface area contributed by atoms with Gasteiger partial charge in [-0.25, -0.2) is 4.79 Å². The Bertz CT molecular complexity index is 691. The lowest BCUT2D eigenvalue weighted by molar-refractivity contribution is -0.385. The zero-order valence-corrected chi connectivity index (χ0v) is 16.1. The van der Waals surface area contributed by atoms with Crippen molar-refractivity contribution in [1.82, 2.24) is 5.32 Å². The summed E-state index contributed by atoms with van der Waals surface area (Å²) < 4.78 is 5.59. The number of rotatable bonds is 6. The van der Waals surface area contributed by atoms with E-state index in [0.717, 1.165) is 25.7 Å². The molecule has 0 aromatic heterocycles. The number of benzene rings is 1. The van der Waals surface area contributed by atoms with Gasteiger partial charge in [0, 0.05) is 17.5 Å². The van der Waals surface area contributed by atoms with E-state index in [1.54, 1.807) is 12.1 Å². The molecule has 0 spiro atoms. The summed E-state index contributed by atoms with van der Waals surface area (Å²) in [6.07, 6.45) is 4.71. The van der Waals surface area contributed by atoms with Crippen LogP contribution in [-0.2, 0) is 4.84 Å². The predicted octanol–water partition coefficient (Wildman–Crippen LogP) is 4.43. The number of para-hydroxylation sites is 2. The van der Waals surface area contributed by atoms with Crippen molar-refractivity contribution in [3.05, 3.63) is 34.4 Å². The second-order valence-electron chi connectivity index (χ2n) is 7.66. The smallest absolute Gasteiger partial charge is 0.433 e. The van der Waals surface area contributed by atoms with E-state index in [2.05, 4.69) is 10.5 Å². The maximum atomic E-state index is 12.0. The van der Waals surface area contributed by atoms with Crippen LogP contribution in [0.25, 0.3) is 0 Å². The zero-order valence-electron chi connectivity index (χ0n) is 16.1. The zero-order chi connectivity index (χ0) is 19.9. The minimum atomic E-state index is -0.589. The lowest BCUT2D eigenvalue weighted by atomic mass is 9.90. The van der Waals surface area contributed by atoms with Crippen molar-refractivity contribution >= 4 is 17.5 Å². The third kappa shape index (κ3) is 6.54. The Morgan fingerprint density at radius 1 is 1.26 bits per heavy atom. The molecule has 0 bridgehead atoms. The topological polar surface area (TPSA) is 103 Å². The van der Waals surface area contributed by atoms with Crippen molar-refractivity contribution < 1.29 is 19.3 Å². The van der Waals surface area contributed by atoms with Gasteiger partial charge in [-0.05, 0) is 18.9 Å². The second kappa shape index (κ2) is 9.34. The first kappa shape index (κ1) is 20.7. The molecule has 0 radical (unpaired) electrons. The summed E-state index contributed by atoms with van der Waals surface area (Å²) in [4.78, 5) is 27.6. The van der Waals surface area contributed by atoms with E-state index in [4.69, 9.17) is 9.57 Å². The molecule has 1 aliphatic rings. The Hall–Kier alpha value is -2.64. The lowest BCUT2D eigenvalue weighted by Crippen LogP contribution is -2.36. The predicted molar refractivity (Wildman–Crippen MR) is 102 cm³/mol. The molecule has 8 nitrogen and oxygen atoms in total. The molecule has 27 heavy (non-hydrogen) atoms. The number of carbonyl (C=O) groups excluding carboxylic acids is 1. The third-order valence-corrected chi connectivity index (χ3v) is 4.46. The van der Waals surface area contributed by atoms with Gasteiger partial charge in [0.2, 0.25) is 0 Å². The highest BCUT2D eigenvalue weighted by Gasteiger charge is 2.24. The molecule has 8 heteroatoms. The number of carbonyl (C=O) groups is 1. The summed E-state index contributed by atoms with van der Waals surface area (Å²) in [6.45, 7) is 5.68. The van der Waals surface area contributed by atoms with E-state index in [-0.39, 0.29) is 24.1 Å². The van der Waals surface area contributed by atoms with Crippen molar-refractivity contribution in [2.24, 2.45) is 10.6 Å². The fraction of sp³-hybridized carbons (Fsp3) is 0.579. The van der Waals surface area contributed by atoms with Crippen molar-refractivity contribution in [2.45, 2.75) is 58.9 Å². The van der Waals surface area contributed by atoms with Gasteiger partial charge in [-0.3, -0.25) is 15.0 Å². The first-order valence-corrected chi connectivity index (χ1v) is 9.18. The Morgan fingerprint density at radius 3 is 2.56 bits per heavy atom. The van der Waals surface area contributed by atoms with E-state index in [1.807, 2.05) is 20.8 Å². The molecule has 148 valence electrons. The Balaban J connectivity index is 1.99. The van der Waals surface area contributed by atoms with E-state index in [1.165, 1.54) is 18.6 Å². The number of ether oxygens (including phenoxy) is 1. The highest BCUT2D eigenvalue weighted by molar-refractivity contribution is 5.90. The molecule has 0 heterocycles. The average Bonchev–Trinajstić information content (AvgIpc) is 2.61. The summed E-state index contributed by atoms with van der Waals surface area (Å²) in [7, 11) is 0. The van der Waals surface area contributed by atoms with Crippen LogP contribution in [0.2, 0.25) is 0 Å². The maximum Gasteiger partial charge on any atom is 0.433 e. The molecule has 2 rings (SSSR count). The van der Waals surface area contributed by atoms with Gasteiger partial charge >= 0.3 is 11.8 Å². The van der Waals surface area contributed by atoms with Crippen molar-refractivity contribution in [3.8, 4) is 5.75 Å². The van der Waals surface area contributed by atoms with Crippen molar-refractivity contribution in [3.63, 3.8) is 0 Å². The van der Waals surface area contributed by atoms with Gasteiger partial charge in [0.15, 0.2) is 5.75 Å². The van der Waals surface area contributed by atoms with Crippen LogP contribution in [0.5, 0.6) is 5.75 Å². The van der Waals surface area contributed by atoms with E-state index < -0.39 is 16.4 Å². The molecule has 1 amide bonds. The van der Waals surface area contributed by atoms with E-state index in [9.17, 15) is 14.9 Å². The summed E-state index contributed by atoms with van der Waals surface area (Å²) >= 11 is 0. The fourth-order valence-corrected chi connectivity index (χ4v) is 2.79. The van der Waals surface area contributed by atoms with Crippen LogP contribution in [0.1, 0.15) is 52.9 Å². The van der Waals surface area contributed by atoms with Crippen LogP contribution in [0.3, 0.4) is 0 Å². The number of nitro benzene ring substituents is 1. The van der Waals surface area contributed by atoms with E-state index >= 15 is 0 Å². The van der Waals surface area contributed by atoms with Gasteiger partial charge in [0.25, 0.3) is 0 Å². The normalized spacial score (nSPS) is 15.9. The van der Waals surface area contributed by atoms with Gasteiger partial charge in [-0.1, -0.05) is 57.3 Å². The number of nitrogens with one attached hydrogen (secondary N) is 1. The highest BCUT2D eigenvalue weighted by atomic mass is 16.7. The SMILES string of the molecule is CC(C)(C)/C(COc1ccccc1[N+](=O)[O-])=N/OC(=O)NC1CCCCC1. The summed E-state index contributed by atoms with van der Waals surface area (Å²) in [5, 5.41) is 17.9. The monoisotopic (exact) mass is 377 g/mol. The van der Waals surface area contributed by atoms with Crippen LogP contribution < -0.4 is 10.1 Å². The van der Waals surface area contributed by atoms with Gasteiger partial charge in [0.05, 0.1) is 4.92 Å². The molecule has 1 fully saturated rings. The largest absolute Gasteiger partial charge is 0.480 e. The third-order valence-electron chi connectivity index (χ3n) is 4.46. The molecule has 1 N–H and O–H groups in total. The lowest BCUT2D eigenvalue weighted by Gasteiger charge is -2.23. The van der Waals surface area contributed by atoms with Crippen LogP contribution in [-0.4, -0.2) is 29.4 Å². The Labute approximate surface area is 159 Å². The first-order chi connectivity index (χ1) is 12.8. The molecule has 1 aromatic carbocycles. The standard InChI is InChI=1S/C19H27N3O5/c1-19(2,3)17(13-26-16-12-8-7-11-15(16)22(24)25)21-27-18(23)20-14-9-5-4-6-10-14/h7-8,11-12,14H,4-6,9-10,13H2,1-3H3,(H,20,23)/b21-17+. The molecule has 0 aliphatic heterocycles. The molecular formula is C19H27N3O5. The Morgan fingerprint density at radius 2 is 1.93 bits per heavy atom. The van der Waals surface area contributed by atoms with Gasteiger partial charge in [0.1, 0.15) is 12.3 Å². The van der Waals surface area contributed by atoms with Crippen LogP contribution in [0, 0.1) is 15.5 Å². The van der Waals surface area contributed by atoms with Gasteiger partial charge in [-0.2, -0.15) is 0 Å². The quantitative estimate of drug-likeness (QED) is 0.342. The van der Waals surface area contributed by atoms with Gasteiger partial charge < -0.3 is 10.1 Å². The molecule has 1 aromatic rings. The number of oxime groups is 1. The summed E-state index contributed by atoms with van der Waals surface area (Å²) in [6, 6.07) is 6.25. The summed E-state index contributed by atoms with van der Waals surface area (Å²) in [5.41, 5.74) is -0.0875. The fourth-order valence-electron chi connectivity index (χ4n) is 2.79. The highest BCUT2D eigenvalue weighted by Crippen LogP contribution is 2.27. The Kier molecular flexibility index (Phi) is 7.15. The minimum Gasteiger partial charge on any atom is -0.480 e. The second-order valence-corrected chi connectivity index (χ2v) is 7.66. The molecular weight excluding hydrogens is 350 g/mol. The number of amides is 1. The molecule has 0 atom stereocenters.